The Morgan fingerprint density at radius 2 is 1.00 bits per heavy atom. The molecular formula is C8H10. The van der Waals surface area contributed by atoms with Crippen LogP contribution in [0.15, 0.2) is 24.3 Å². The largest absolute Gasteiger partial charge is 0.0683 e. The fraction of sp³-hybridized carbons (Fsp3) is 0.250. The van der Waals surface area contributed by atoms with Crippen molar-refractivity contribution >= 4 is 0 Å². The van der Waals surface area contributed by atoms with Crippen molar-refractivity contribution in [2.75, 3.05) is 0 Å². The first-order valence-electron chi connectivity index (χ1n) is 3.07. The maximum atomic E-state index is 2.12. The van der Waals surface area contributed by atoms with Gasteiger partial charge in [0.2, 0.25) is 0 Å². The van der Waals surface area contributed by atoms with Gasteiger partial charge in [-0.3, -0.25) is 0 Å². The molecular weight excluding hydrogens is 96.1 g/mol. The Morgan fingerprint density at radius 1 is 0.750 bits per heavy atom. The summed E-state index contributed by atoms with van der Waals surface area (Å²) in [6.45, 7) is 4.00. The summed E-state index contributed by atoms with van der Waals surface area (Å²) >= 11 is 0. The van der Waals surface area contributed by atoms with E-state index in [4.69, 9.17) is 0 Å². The third-order valence-electron chi connectivity index (χ3n) is 1.22. The van der Waals surface area contributed by atoms with Crippen molar-refractivity contribution in [2.24, 2.45) is 0 Å². The lowest BCUT2D eigenvalue weighted by atomic mass is 9.95. The summed E-state index contributed by atoms with van der Waals surface area (Å²) in [6, 6.07) is 8.48. The fourth-order valence-electron chi connectivity index (χ4n) is 0.663. The topological polar surface area (TPSA) is 0 Å². The first-order chi connectivity index (χ1) is 3.97. The molecule has 0 aromatic carbocycles. The number of fused-ring (bicyclic) bond motifs is 1. The molecule has 0 unspecified atom stereocenters. The zero-order chi connectivity index (χ0) is 5.98. The summed E-state index contributed by atoms with van der Waals surface area (Å²) in [7, 11) is 0. The van der Waals surface area contributed by atoms with Crippen molar-refractivity contribution in [1.29, 1.82) is 0 Å². The minimum absolute atomic E-state index is 1.43. The molecule has 0 fully saturated rings. The van der Waals surface area contributed by atoms with Gasteiger partial charge in [0.15, 0.2) is 0 Å². The zero-order valence-corrected chi connectivity index (χ0v) is 5.31. The quantitative estimate of drug-likeness (QED) is 0.484. The van der Waals surface area contributed by atoms with Crippen molar-refractivity contribution in [2.45, 2.75) is 13.8 Å². The summed E-state index contributed by atoms with van der Waals surface area (Å²) in [5, 5.41) is 0. The van der Waals surface area contributed by atoms with Gasteiger partial charge in [-0.15, -0.1) is 0 Å². The molecule has 0 amide bonds. The average Bonchev–Trinajstić information content (AvgIpc) is 1.83. The van der Waals surface area contributed by atoms with Gasteiger partial charge < -0.3 is 0 Å². The molecule has 0 bridgehead atoms. The van der Waals surface area contributed by atoms with Crippen molar-refractivity contribution in [3.05, 3.63) is 24.3 Å². The van der Waals surface area contributed by atoms with Crippen LogP contribution in [0.2, 0.25) is 0 Å². The molecule has 0 atom stereocenters. The van der Waals surface area contributed by atoms with Crippen LogP contribution in [0.25, 0.3) is 11.1 Å². The van der Waals surface area contributed by atoms with Gasteiger partial charge in [0, 0.05) is 0 Å². The highest BCUT2D eigenvalue weighted by molar-refractivity contribution is 5.75. The number of hydrogen-bond acceptors (Lipinski definition) is 0. The SMILES string of the molecule is CC.c1cc2ccc1-2. The van der Waals surface area contributed by atoms with E-state index < -0.39 is 0 Å². The fourth-order valence-corrected chi connectivity index (χ4v) is 0.663. The molecule has 0 aliphatic heterocycles. The van der Waals surface area contributed by atoms with E-state index in [9.17, 15) is 0 Å². The second kappa shape index (κ2) is 1.99. The summed E-state index contributed by atoms with van der Waals surface area (Å²) in [5.41, 5.74) is 2.85. The van der Waals surface area contributed by atoms with Crippen molar-refractivity contribution in [3.8, 4) is 11.1 Å². The van der Waals surface area contributed by atoms with E-state index in [1.54, 1.807) is 0 Å². The predicted molar refractivity (Wildman–Crippen MR) is 36.8 cm³/mol. The summed E-state index contributed by atoms with van der Waals surface area (Å²) in [4.78, 5) is 0. The molecule has 0 N–H and O–H groups in total. The minimum Gasteiger partial charge on any atom is -0.0683 e. The molecule has 0 heterocycles. The van der Waals surface area contributed by atoms with Crippen LogP contribution in [-0.4, -0.2) is 0 Å². The second-order valence-electron chi connectivity index (χ2n) is 1.58. The molecule has 2 aliphatic carbocycles. The molecule has 0 nitrogen and oxygen atoms in total. The van der Waals surface area contributed by atoms with Crippen LogP contribution in [0, 0.1) is 0 Å². The Labute approximate surface area is 50.2 Å². The van der Waals surface area contributed by atoms with Crippen LogP contribution >= 0.6 is 0 Å². The van der Waals surface area contributed by atoms with Crippen LogP contribution < -0.4 is 0 Å². The summed E-state index contributed by atoms with van der Waals surface area (Å²) < 4.78 is 0. The predicted octanol–water partition coefficient (Wildman–Crippen LogP) is 2.69. The highest BCUT2D eigenvalue weighted by atomic mass is 14.1. The summed E-state index contributed by atoms with van der Waals surface area (Å²) in [5.74, 6) is 0. The number of benzene rings is 1. The van der Waals surface area contributed by atoms with E-state index in [2.05, 4.69) is 24.3 Å². The molecule has 2 aliphatic rings. The maximum Gasteiger partial charge on any atom is -0.0184 e. The van der Waals surface area contributed by atoms with E-state index >= 15 is 0 Å². The normalized spacial score (nSPS) is 9.25. The first kappa shape index (κ1) is 5.36. The van der Waals surface area contributed by atoms with Gasteiger partial charge in [0.05, 0.1) is 0 Å². The Bertz CT molecular complexity index is 139. The lowest BCUT2D eigenvalue weighted by molar-refractivity contribution is 1.50. The molecule has 0 aromatic rings. The van der Waals surface area contributed by atoms with E-state index in [1.807, 2.05) is 13.8 Å². The van der Waals surface area contributed by atoms with E-state index in [-0.39, 0.29) is 0 Å². The van der Waals surface area contributed by atoms with Crippen LogP contribution in [0.5, 0.6) is 0 Å². The van der Waals surface area contributed by atoms with Gasteiger partial charge in [-0.1, -0.05) is 38.1 Å². The highest BCUT2D eigenvalue weighted by Gasteiger charge is 2.03. The van der Waals surface area contributed by atoms with Gasteiger partial charge in [0.1, 0.15) is 0 Å². The Kier molecular flexibility index (Phi) is 1.34. The Morgan fingerprint density at radius 3 is 1.00 bits per heavy atom. The van der Waals surface area contributed by atoms with Gasteiger partial charge in [0.25, 0.3) is 0 Å². The van der Waals surface area contributed by atoms with Crippen molar-refractivity contribution in [3.63, 3.8) is 0 Å². The molecule has 0 saturated heterocycles. The van der Waals surface area contributed by atoms with E-state index in [0.717, 1.165) is 0 Å². The molecule has 0 radical (unpaired) electrons. The smallest absolute Gasteiger partial charge is 0.0184 e. The minimum atomic E-state index is 1.43. The third kappa shape index (κ3) is 0.532. The Hall–Kier alpha value is -0.780. The van der Waals surface area contributed by atoms with Crippen LogP contribution in [0.1, 0.15) is 13.8 Å². The molecule has 8 heavy (non-hydrogen) atoms. The second-order valence-corrected chi connectivity index (χ2v) is 1.58. The maximum absolute atomic E-state index is 2.12. The van der Waals surface area contributed by atoms with Gasteiger partial charge in [-0.2, -0.15) is 0 Å². The van der Waals surface area contributed by atoms with Crippen LogP contribution in [0.4, 0.5) is 0 Å². The van der Waals surface area contributed by atoms with Crippen LogP contribution in [-0.2, 0) is 0 Å². The Balaban J connectivity index is 0.000000147. The summed E-state index contributed by atoms with van der Waals surface area (Å²) in [6.07, 6.45) is 0. The average molecular weight is 106 g/mol. The highest BCUT2D eigenvalue weighted by Crippen LogP contribution is 2.29. The van der Waals surface area contributed by atoms with Gasteiger partial charge in [-0.05, 0) is 11.1 Å². The van der Waals surface area contributed by atoms with E-state index in [1.165, 1.54) is 11.1 Å². The molecule has 42 valence electrons. The van der Waals surface area contributed by atoms with Crippen LogP contribution in [0.3, 0.4) is 0 Å². The lowest BCUT2D eigenvalue weighted by Gasteiger charge is -2.10. The van der Waals surface area contributed by atoms with Gasteiger partial charge >= 0.3 is 0 Å². The zero-order valence-electron chi connectivity index (χ0n) is 5.31. The lowest BCUT2D eigenvalue weighted by Crippen LogP contribution is -1.85. The van der Waals surface area contributed by atoms with Crippen molar-refractivity contribution in [1.82, 2.24) is 0 Å². The molecule has 0 spiro atoms. The van der Waals surface area contributed by atoms with Gasteiger partial charge in [-0.25, -0.2) is 0 Å². The monoisotopic (exact) mass is 106 g/mol. The molecule has 2 rings (SSSR count). The number of hydrogen-bond donors (Lipinski definition) is 0. The standard InChI is InChI=1S/C6H4.C2H6/c1-2-6-4-3-5(1)6;1-2/h1-4H;1-2H3. The third-order valence-corrected chi connectivity index (χ3v) is 1.22. The first-order valence-corrected chi connectivity index (χ1v) is 3.07. The molecule has 0 heteroatoms. The van der Waals surface area contributed by atoms with Crippen molar-refractivity contribution < 1.29 is 0 Å². The molecule has 0 saturated carbocycles. The number of rotatable bonds is 0. The molecule has 0 aromatic heterocycles. The van der Waals surface area contributed by atoms with E-state index in [0.29, 0.717) is 0 Å².